The molecule has 5 nitrogen and oxygen atoms in total. The number of nitrogens with one attached hydrogen (secondary N) is 1. The van der Waals surface area contributed by atoms with Gasteiger partial charge in [-0.1, -0.05) is 6.42 Å². The molecule has 1 atom stereocenters. The number of nitrogen functional groups attached to an aromatic ring is 1. The topological polar surface area (TPSA) is 78.6 Å². The summed E-state index contributed by atoms with van der Waals surface area (Å²) in [7, 11) is 0. The number of nitrogens with two attached hydrogens (primary N) is 1. The van der Waals surface area contributed by atoms with Crippen LogP contribution in [0, 0.1) is 0 Å². The van der Waals surface area contributed by atoms with E-state index >= 15 is 0 Å². The van der Waals surface area contributed by atoms with Gasteiger partial charge in [-0.2, -0.15) is 0 Å². The van der Waals surface area contributed by atoms with Gasteiger partial charge in [0.25, 0.3) is 0 Å². The average molecular weight is 277 g/mol. The van der Waals surface area contributed by atoms with Crippen LogP contribution in [0.5, 0.6) is 0 Å². The summed E-state index contributed by atoms with van der Waals surface area (Å²) < 4.78 is 0. The lowest BCUT2D eigenvalue weighted by Gasteiger charge is -2.32. The van der Waals surface area contributed by atoms with Gasteiger partial charge in [-0.05, 0) is 51.1 Å². The first kappa shape index (κ1) is 14.7. The maximum absolute atomic E-state index is 11.2. The Labute approximate surface area is 119 Å². The van der Waals surface area contributed by atoms with E-state index in [1.807, 2.05) is 0 Å². The van der Waals surface area contributed by atoms with Crippen molar-refractivity contribution in [2.24, 2.45) is 0 Å². The van der Waals surface area contributed by atoms with E-state index in [9.17, 15) is 9.90 Å². The molecular formula is C15H23N3O2. The predicted molar refractivity (Wildman–Crippen MR) is 81.2 cm³/mol. The van der Waals surface area contributed by atoms with Crippen LogP contribution in [0.25, 0.3) is 0 Å². The summed E-state index contributed by atoms with van der Waals surface area (Å²) in [5.41, 5.74) is 7.17. The molecule has 1 saturated heterocycles. The molecule has 0 spiro atoms. The van der Waals surface area contributed by atoms with E-state index in [4.69, 9.17) is 5.73 Å². The first-order valence-corrected chi connectivity index (χ1v) is 7.18. The molecule has 0 saturated carbocycles. The van der Waals surface area contributed by atoms with E-state index in [2.05, 4.69) is 17.1 Å². The van der Waals surface area contributed by atoms with E-state index in [-0.39, 0.29) is 5.56 Å². The van der Waals surface area contributed by atoms with Gasteiger partial charge in [0.1, 0.15) is 0 Å². The number of carboxylic acids is 1. The average Bonchev–Trinajstić information content (AvgIpc) is 2.45. The van der Waals surface area contributed by atoms with Crippen LogP contribution in [0.1, 0.15) is 36.5 Å². The van der Waals surface area contributed by atoms with Gasteiger partial charge in [0.2, 0.25) is 0 Å². The smallest absolute Gasteiger partial charge is 0.337 e. The van der Waals surface area contributed by atoms with Gasteiger partial charge in [-0.15, -0.1) is 0 Å². The van der Waals surface area contributed by atoms with Crippen LogP contribution in [0.15, 0.2) is 18.2 Å². The Morgan fingerprint density at radius 2 is 2.10 bits per heavy atom. The summed E-state index contributed by atoms with van der Waals surface area (Å²) in [6.07, 6.45) is 3.82. The van der Waals surface area contributed by atoms with Gasteiger partial charge in [0.05, 0.1) is 11.3 Å². The maximum Gasteiger partial charge on any atom is 0.337 e. The highest BCUT2D eigenvalue weighted by Gasteiger charge is 2.17. The molecule has 1 unspecified atom stereocenters. The van der Waals surface area contributed by atoms with Crippen LogP contribution in [0.2, 0.25) is 0 Å². The molecule has 0 aliphatic carbocycles. The summed E-state index contributed by atoms with van der Waals surface area (Å²) in [4.78, 5) is 13.6. The minimum absolute atomic E-state index is 0.269. The first-order chi connectivity index (χ1) is 9.58. The van der Waals surface area contributed by atoms with Crippen molar-refractivity contribution >= 4 is 17.3 Å². The molecule has 0 aromatic heterocycles. The third-order valence-corrected chi connectivity index (χ3v) is 3.88. The molecule has 20 heavy (non-hydrogen) atoms. The fourth-order valence-electron chi connectivity index (χ4n) is 2.64. The van der Waals surface area contributed by atoms with Crippen molar-refractivity contribution in [3.05, 3.63) is 23.8 Å². The largest absolute Gasteiger partial charge is 0.478 e. The van der Waals surface area contributed by atoms with Crippen LogP contribution in [-0.4, -0.2) is 41.7 Å². The molecule has 0 radical (unpaired) electrons. The Morgan fingerprint density at radius 1 is 1.40 bits per heavy atom. The number of rotatable bonds is 5. The zero-order valence-electron chi connectivity index (χ0n) is 11.9. The number of likely N-dealkylation sites (tertiary alicyclic amines) is 1. The SMILES string of the molecule is CC(CNc1cc(N)ccc1C(=O)O)N1CCCCC1. The maximum atomic E-state index is 11.2. The molecule has 1 aliphatic heterocycles. The van der Waals surface area contributed by atoms with Gasteiger partial charge >= 0.3 is 5.97 Å². The number of carboxylic acid groups (broad SMARTS) is 1. The number of nitrogens with zero attached hydrogens (tertiary/aromatic N) is 1. The van der Waals surface area contributed by atoms with Crippen molar-refractivity contribution in [2.75, 3.05) is 30.7 Å². The lowest BCUT2D eigenvalue weighted by atomic mass is 10.1. The minimum atomic E-state index is -0.932. The van der Waals surface area contributed by atoms with Crippen molar-refractivity contribution in [3.8, 4) is 0 Å². The standard InChI is InChI=1S/C15H23N3O2/c1-11(18-7-3-2-4-8-18)10-17-14-9-12(16)5-6-13(14)15(19)20/h5-6,9,11,17H,2-4,7-8,10,16H2,1H3,(H,19,20). The molecule has 1 heterocycles. The first-order valence-electron chi connectivity index (χ1n) is 7.18. The summed E-state index contributed by atoms with van der Waals surface area (Å²) in [6.45, 7) is 5.16. The molecule has 5 heteroatoms. The number of piperidine rings is 1. The van der Waals surface area contributed by atoms with Gasteiger partial charge in [-0.3, -0.25) is 4.90 Å². The molecular weight excluding hydrogens is 254 g/mol. The zero-order chi connectivity index (χ0) is 14.5. The molecule has 110 valence electrons. The Bertz CT molecular complexity index is 470. The monoisotopic (exact) mass is 277 g/mol. The van der Waals surface area contributed by atoms with E-state index in [1.165, 1.54) is 19.3 Å². The van der Waals surface area contributed by atoms with Crippen molar-refractivity contribution in [2.45, 2.75) is 32.2 Å². The van der Waals surface area contributed by atoms with Crippen molar-refractivity contribution in [1.29, 1.82) is 0 Å². The number of anilines is 2. The molecule has 0 bridgehead atoms. The Balaban J connectivity index is 1.99. The number of hydrogen-bond acceptors (Lipinski definition) is 4. The van der Waals surface area contributed by atoms with Crippen molar-refractivity contribution < 1.29 is 9.90 Å². The van der Waals surface area contributed by atoms with Crippen molar-refractivity contribution in [3.63, 3.8) is 0 Å². The molecule has 0 amide bonds. The van der Waals surface area contributed by atoms with Gasteiger partial charge in [0.15, 0.2) is 0 Å². The highest BCUT2D eigenvalue weighted by molar-refractivity contribution is 5.95. The molecule has 4 N–H and O–H groups in total. The van der Waals surface area contributed by atoms with Crippen LogP contribution in [0.3, 0.4) is 0 Å². The number of carbonyl (C=O) groups is 1. The van der Waals surface area contributed by atoms with Gasteiger partial charge < -0.3 is 16.2 Å². The zero-order valence-corrected chi connectivity index (χ0v) is 11.9. The van der Waals surface area contributed by atoms with Crippen LogP contribution >= 0.6 is 0 Å². The highest BCUT2D eigenvalue weighted by Crippen LogP contribution is 2.20. The summed E-state index contributed by atoms with van der Waals surface area (Å²) in [6, 6.07) is 5.24. The second-order valence-corrected chi connectivity index (χ2v) is 5.44. The molecule has 1 aliphatic rings. The van der Waals surface area contributed by atoms with E-state index in [1.54, 1.807) is 18.2 Å². The predicted octanol–water partition coefficient (Wildman–Crippen LogP) is 2.25. The van der Waals surface area contributed by atoms with E-state index in [0.29, 0.717) is 17.4 Å². The Hall–Kier alpha value is -1.75. The van der Waals surface area contributed by atoms with Crippen LogP contribution in [-0.2, 0) is 0 Å². The number of benzene rings is 1. The molecule has 1 aromatic carbocycles. The lowest BCUT2D eigenvalue weighted by molar-refractivity contribution is 0.0698. The number of aromatic carboxylic acids is 1. The number of hydrogen-bond donors (Lipinski definition) is 3. The second kappa shape index (κ2) is 6.61. The summed E-state index contributed by atoms with van der Waals surface area (Å²) in [5, 5.41) is 12.4. The normalized spacial score (nSPS) is 17.6. The van der Waals surface area contributed by atoms with Crippen LogP contribution in [0.4, 0.5) is 11.4 Å². The fourth-order valence-corrected chi connectivity index (χ4v) is 2.64. The fraction of sp³-hybridized carbons (Fsp3) is 0.533. The Kier molecular flexibility index (Phi) is 4.84. The van der Waals surface area contributed by atoms with E-state index in [0.717, 1.165) is 19.6 Å². The van der Waals surface area contributed by atoms with Gasteiger partial charge in [-0.25, -0.2) is 4.79 Å². The van der Waals surface area contributed by atoms with Gasteiger partial charge in [0, 0.05) is 18.3 Å². The molecule has 1 fully saturated rings. The Morgan fingerprint density at radius 3 is 2.75 bits per heavy atom. The highest BCUT2D eigenvalue weighted by atomic mass is 16.4. The molecule has 2 rings (SSSR count). The quantitative estimate of drug-likeness (QED) is 0.719. The lowest BCUT2D eigenvalue weighted by Crippen LogP contribution is -2.41. The van der Waals surface area contributed by atoms with Crippen LogP contribution < -0.4 is 11.1 Å². The third-order valence-electron chi connectivity index (χ3n) is 3.88. The summed E-state index contributed by atoms with van der Waals surface area (Å²) >= 11 is 0. The summed E-state index contributed by atoms with van der Waals surface area (Å²) in [5.74, 6) is -0.932. The molecule has 1 aromatic rings. The van der Waals surface area contributed by atoms with E-state index < -0.39 is 5.97 Å². The van der Waals surface area contributed by atoms with Crippen molar-refractivity contribution in [1.82, 2.24) is 4.90 Å². The minimum Gasteiger partial charge on any atom is -0.478 e. The second-order valence-electron chi connectivity index (χ2n) is 5.44. The third kappa shape index (κ3) is 3.63.